The maximum atomic E-state index is 12.8. The van der Waals surface area contributed by atoms with Crippen LogP contribution in [0.4, 0.5) is 13.2 Å². The summed E-state index contributed by atoms with van der Waals surface area (Å²) in [6.07, 6.45) is -4.36. The first-order valence-corrected chi connectivity index (χ1v) is 6.20. The zero-order chi connectivity index (χ0) is 15.3. The maximum absolute atomic E-state index is 12.8. The summed E-state index contributed by atoms with van der Waals surface area (Å²) in [7, 11) is 0. The Morgan fingerprint density at radius 2 is 1.95 bits per heavy atom. The van der Waals surface area contributed by atoms with Crippen molar-refractivity contribution in [3.8, 4) is 11.8 Å². The molecule has 1 aromatic carbocycles. The van der Waals surface area contributed by atoms with E-state index in [4.69, 9.17) is 15.1 Å². The minimum absolute atomic E-state index is 0.0643. The van der Waals surface area contributed by atoms with E-state index in [1.54, 1.807) is 13.8 Å². The molecule has 0 bridgehead atoms. The molecule has 20 heavy (non-hydrogen) atoms. The van der Waals surface area contributed by atoms with E-state index >= 15 is 0 Å². The highest BCUT2D eigenvalue weighted by Crippen LogP contribution is 2.34. The highest BCUT2D eigenvalue weighted by Gasteiger charge is 2.34. The van der Waals surface area contributed by atoms with Crippen LogP contribution < -0.4 is 4.74 Å². The molecule has 0 heterocycles. The molecule has 0 saturated heterocycles. The molecule has 0 radical (unpaired) electrons. The fraction of sp³-hybridized carbons (Fsp3) is 0.500. The van der Waals surface area contributed by atoms with Crippen molar-refractivity contribution in [1.29, 1.82) is 5.26 Å². The van der Waals surface area contributed by atoms with E-state index in [-0.39, 0.29) is 11.9 Å². The maximum Gasteiger partial charge on any atom is 0.417 e. The Kier molecular flexibility index (Phi) is 5.40. The molecule has 6 heteroatoms. The minimum atomic E-state index is -4.59. The van der Waals surface area contributed by atoms with Crippen molar-refractivity contribution in [3.63, 3.8) is 0 Å². The zero-order valence-corrected chi connectivity index (χ0v) is 11.2. The highest BCUT2D eigenvalue weighted by molar-refractivity contribution is 5.44. The van der Waals surface area contributed by atoms with Crippen molar-refractivity contribution in [2.75, 3.05) is 0 Å². The lowest BCUT2D eigenvalue weighted by Gasteiger charge is -2.17. The molecule has 110 valence electrons. The molecule has 0 amide bonds. The molecule has 0 saturated carbocycles. The molecule has 0 aliphatic carbocycles. The summed E-state index contributed by atoms with van der Waals surface area (Å²) in [5.41, 5.74) is -1.43. The molecule has 2 atom stereocenters. The number of nitrogens with zero attached hydrogens (tertiary/aromatic N) is 1. The van der Waals surface area contributed by atoms with Crippen LogP contribution >= 0.6 is 0 Å². The molecular weight excluding hydrogens is 271 g/mol. The molecule has 3 nitrogen and oxygen atoms in total. The quantitative estimate of drug-likeness (QED) is 0.901. The normalized spacial score (nSPS) is 14.4. The second-order valence-corrected chi connectivity index (χ2v) is 4.67. The zero-order valence-electron chi connectivity index (χ0n) is 11.2. The van der Waals surface area contributed by atoms with Crippen molar-refractivity contribution in [2.24, 2.45) is 0 Å². The van der Waals surface area contributed by atoms with E-state index in [1.165, 1.54) is 12.1 Å². The molecule has 1 aromatic rings. The first-order valence-electron chi connectivity index (χ1n) is 6.20. The van der Waals surface area contributed by atoms with Crippen LogP contribution in [0.2, 0.25) is 0 Å². The number of aliphatic hydroxyl groups excluding tert-OH is 1. The van der Waals surface area contributed by atoms with Gasteiger partial charge in [0.05, 0.1) is 29.4 Å². The Labute approximate surface area is 115 Å². The van der Waals surface area contributed by atoms with Gasteiger partial charge in [-0.25, -0.2) is 0 Å². The van der Waals surface area contributed by atoms with Gasteiger partial charge in [-0.05, 0) is 44.9 Å². The summed E-state index contributed by atoms with van der Waals surface area (Å²) < 4.78 is 43.7. The molecule has 0 aromatic heterocycles. The number of alkyl halides is 3. The fourth-order valence-corrected chi connectivity index (χ4v) is 1.70. The smallest absolute Gasteiger partial charge is 0.417 e. The highest BCUT2D eigenvalue weighted by atomic mass is 19.4. The van der Waals surface area contributed by atoms with Crippen molar-refractivity contribution < 1.29 is 23.0 Å². The average molecular weight is 287 g/mol. The Morgan fingerprint density at radius 1 is 1.30 bits per heavy atom. The molecule has 0 spiro atoms. The van der Waals surface area contributed by atoms with Gasteiger partial charge in [-0.3, -0.25) is 0 Å². The van der Waals surface area contributed by atoms with Crippen molar-refractivity contribution in [2.45, 2.75) is 45.1 Å². The van der Waals surface area contributed by atoms with Crippen LogP contribution in [-0.2, 0) is 6.18 Å². The number of benzene rings is 1. The number of aliphatic hydroxyl groups is 1. The number of halogens is 3. The molecule has 0 aliphatic rings. The van der Waals surface area contributed by atoms with E-state index in [2.05, 4.69) is 0 Å². The number of ether oxygens (including phenoxy) is 1. The van der Waals surface area contributed by atoms with Crippen LogP contribution in [0.25, 0.3) is 0 Å². The molecule has 0 fully saturated rings. The van der Waals surface area contributed by atoms with E-state index in [1.807, 2.05) is 0 Å². The van der Waals surface area contributed by atoms with Gasteiger partial charge in [0.25, 0.3) is 0 Å². The van der Waals surface area contributed by atoms with Crippen LogP contribution in [0.5, 0.6) is 5.75 Å². The van der Waals surface area contributed by atoms with Crippen LogP contribution in [0.15, 0.2) is 18.2 Å². The van der Waals surface area contributed by atoms with Gasteiger partial charge in [0.1, 0.15) is 5.75 Å². The number of hydrogen-bond donors (Lipinski definition) is 1. The predicted molar refractivity (Wildman–Crippen MR) is 67.2 cm³/mol. The number of hydrogen-bond acceptors (Lipinski definition) is 3. The Hall–Kier alpha value is -1.74. The van der Waals surface area contributed by atoms with Crippen LogP contribution in [0.1, 0.15) is 37.8 Å². The van der Waals surface area contributed by atoms with E-state index in [9.17, 15) is 13.2 Å². The predicted octanol–water partition coefficient (Wildman–Crippen LogP) is 3.51. The lowest BCUT2D eigenvalue weighted by Crippen LogP contribution is -2.15. The van der Waals surface area contributed by atoms with Gasteiger partial charge in [0.15, 0.2) is 0 Å². The molecule has 1 rings (SSSR count). The topological polar surface area (TPSA) is 53.2 Å². The van der Waals surface area contributed by atoms with Crippen LogP contribution in [0.3, 0.4) is 0 Å². The van der Waals surface area contributed by atoms with Crippen LogP contribution in [-0.4, -0.2) is 17.3 Å². The van der Waals surface area contributed by atoms with Crippen molar-refractivity contribution in [3.05, 3.63) is 29.3 Å². The van der Waals surface area contributed by atoms with Crippen LogP contribution in [0, 0.1) is 11.3 Å². The second-order valence-electron chi connectivity index (χ2n) is 4.67. The van der Waals surface area contributed by atoms with Gasteiger partial charge in [-0.2, -0.15) is 18.4 Å². The Bertz CT molecular complexity index is 492. The van der Waals surface area contributed by atoms with Gasteiger partial charge in [-0.15, -0.1) is 0 Å². The third-order valence-electron chi connectivity index (χ3n) is 2.75. The van der Waals surface area contributed by atoms with E-state index in [0.717, 1.165) is 12.1 Å². The van der Waals surface area contributed by atoms with Gasteiger partial charge in [0, 0.05) is 0 Å². The first-order chi connectivity index (χ1) is 9.24. The van der Waals surface area contributed by atoms with E-state index in [0.29, 0.717) is 12.8 Å². The van der Waals surface area contributed by atoms with Crippen molar-refractivity contribution in [1.82, 2.24) is 0 Å². The SMILES string of the molecule is CC(O)CCC(C)Oc1ccc(C#N)c(C(F)(F)F)c1. The van der Waals surface area contributed by atoms with Crippen molar-refractivity contribution >= 4 is 0 Å². The monoisotopic (exact) mass is 287 g/mol. The Balaban J connectivity index is 2.85. The molecular formula is C14H16F3NO2. The summed E-state index contributed by atoms with van der Waals surface area (Å²) in [6.45, 7) is 3.35. The molecule has 1 N–H and O–H groups in total. The Morgan fingerprint density at radius 3 is 2.45 bits per heavy atom. The average Bonchev–Trinajstić information content (AvgIpc) is 2.35. The van der Waals surface area contributed by atoms with Gasteiger partial charge >= 0.3 is 6.18 Å². The minimum Gasteiger partial charge on any atom is -0.491 e. The fourth-order valence-electron chi connectivity index (χ4n) is 1.70. The molecule has 2 unspecified atom stereocenters. The first kappa shape index (κ1) is 16.3. The lowest BCUT2D eigenvalue weighted by molar-refractivity contribution is -0.137. The third kappa shape index (κ3) is 4.74. The van der Waals surface area contributed by atoms with E-state index < -0.39 is 23.4 Å². The third-order valence-corrected chi connectivity index (χ3v) is 2.75. The lowest BCUT2D eigenvalue weighted by atomic mass is 10.1. The summed E-state index contributed by atoms with van der Waals surface area (Å²) >= 11 is 0. The standard InChI is InChI=1S/C14H16F3NO2/c1-9(19)3-4-10(2)20-12-6-5-11(8-18)13(7-12)14(15,16)17/h5-7,9-10,19H,3-4H2,1-2H3. The summed E-state index contributed by atoms with van der Waals surface area (Å²) in [6, 6.07) is 4.78. The summed E-state index contributed by atoms with van der Waals surface area (Å²) in [5, 5.41) is 17.8. The van der Waals surface area contributed by atoms with Gasteiger partial charge < -0.3 is 9.84 Å². The summed E-state index contributed by atoms with van der Waals surface area (Å²) in [5.74, 6) is 0.0643. The number of nitriles is 1. The molecule has 0 aliphatic heterocycles. The van der Waals surface area contributed by atoms with Gasteiger partial charge in [0.2, 0.25) is 0 Å². The largest absolute Gasteiger partial charge is 0.491 e. The van der Waals surface area contributed by atoms with Gasteiger partial charge in [-0.1, -0.05) is 0 Å². The number of rotatable bonds is 5. The summed E-state index contributed by atoms with van der Waals surface area (Å²) in [4.78, 5) is 0. The second kappa shape index (κ2) is 6.62.